The van der Waals surface area contributed by atoms with Gasteiger partial charge in [0.1, 0.15) is 6.26 Å². The third kappa shape index (κ3) is 2.83. The Morgan fingerprint density at radius 3 is 2.96 bits per heavy atom. The molecule has 23 heavy (non-hydrogen) atoms. The maximum absolute atomic E-state index is 5.35. The first-order chi connectivity index (χ1) is 11.3. The lowest BCUT2D eigenvalue weighted by Crippen LogP contribution is -2.00. The van der Waals surface area contributed by atoms with E-state index in [1.165, 1.54) is 0 Å². The number of aromatic nitrogens is 3. The zero-order valence-electron chi connectivity index (χ0n) is 12.4. The Bertz CT molecular complexity index is 827. The summed E-state index contributed by atoms with van der Waals surface area (Å²) in [5.41, 5.74) is 2.79. The maximum Gasteiger partial charge on any atom is 0.321 e. The van der Waals surface area contributed by atoms with Gasteiger partial charge in [0.15, 0.2) is 17.3 Å². The number of nitrogens with zero attached hydrogens (tertiary/aromatic N) is 3. The topological polar surface area (TPSA) is 95.4 Å². The molecule has 0 amide bonds. The molecule has 0 aliphatic carbocycles. The van der Waals surface area contributed by atoms with Crippen molar-refractivity contribution in [3.63, 3.8) is 0 Å². The Hall–Kier alpha value is -3.03. The van der Waals surface area contributed by atoms with E-state index in [0.29, 0.717) is 24.8 Å². The number of hydrogen-bond acceptors (Lipinski definition) is 8. The van der Waals surface area contributed by atoms with Crippen LogP contribution in [0.15, 0.2) is 33.5 Å². The Kier molecular flexibility index (Phi) is 3.34. The molecule has 0 saturated carbocycles. The first-order valence-corrected chi connectivity index (χ1v) is 7.13. The van der Waals surface area contributed by atoms with Crippen molar-refractivity contribution in [3.05, 3.63) is 47.1 Å². The van der Waals surface area contributed by atoms with Crippen LogP contribution in [0.2, 0.25) is 0 Å². The minimum atomic E-state index is 0.265. The Morgan fingerprint density at radius 2 is 2.09 bits per heavy atom. The van der Waals surface area contributed by atoms with Gasteiger partial charge in [-0.05, 0) is 24.6 Å². The monoisotopic (exact) mass is 314 g/mol. The van der Waals surface area contributed by atoms with E-state index in [-0.39, 0.29) is 6.79 Å². The lowest BCUT2D eigenvalue weighted by molar-refractivity contribution is 0.174. The number of hydrogen-bond donors (Lipinski definition) is 1. The van der Waals surface area contributed by atoms with Crippen LogP contribution in [0.5, 0.6) is 11.5 Å². The van der Waals surface area contributed by atoms with Crippen LogP contribution < -0.4 is 14.8 Å². The van der Waals surface area contributed by atoms with Crippen LogP contribution >= 0.6 is 0 Å². The molecule has 8 nitrogen and oxygen atoms in total. The van der Waals surface area contributed by atoms with Crippen LogP contribution in [0.4, 0.5) is 6.01 Å². The van der Waals surface area contributed by atoms with Gasteiger partial charge in [0, 0.05) is 18.5 Å². The Morgan fingerprint density at radius 1 is 1.17 bits per heavy atom. The van der Waals surface area contributed by atoms with Crippen molar-refractivity contribution in [2.45, 2.75) is 19.9 Å². The minimum absolute atomic E-state index is 0.265. The number of benzene rings is 1. The minimum Gasteiger partial charge on any atom is -0.454 e. The number of anilines is 1. The summed E-state index contributed by atoms with van der Waals surface area (Å²) in [5, 5.41) is 10.9. The molecule has 1 aromatic carbocycles. The van der Waals surface area contributed by atoms with Crippen LogP contribution in [-0.4, -0.2) is 22.1 Å². The van der Waals surface area contributed by atoms with Crippen molar-refractivity contribution in [3.8, 4) is 11.5 Å². The molecule has 0 spiro atoms. The number of rotatable bonds is 5. The lowest BCUT2D eigenvalue weighted by Gasteiger charge is -2.02. The normalized spacial score (nSPS) is 12.6. The highest BCUT2D eigenvalue weighted by molar-refractivity contribution is 5.45. The zero-order chi connectivity index (χ0) is 15.6. The van der Waals surface area contributed by atoms with Gasteiger partial charge in [0.05, 0.1) is 5.69 Å². The lowest BCUT2D eigenvalue weighted by atomic mass is 10.2. The first-order valence-electron chi connectivity index (χ1n) is 7.13. The number of aryl methyl sites for hydroxylation is 1. The van der Waals surface area contributed by atoms with Gasteiger partial charge in [-0.25, -0.2) is 0 Å². The predicted molar refractivity (Wildman–Crippen MR) is 78.2 cm³/mol. The second-order valence-corrected chi connectivity index (χ2v) is 5.16. The molecule has 1 aliphatic heterocycles. The van der Waals surface area contributed by atoms with Gasteiger partial charge >= 0.3 is 6.01 Å². The average molecular weight is 314 g/mol. The van der Waals surface area contributed by atoms with Gasteiger partial charge in [-0.2, -0.15) is 4.98 Å². The zero-order valence-corrected chi connectivity index (χ0v) is 12.4. The molecule has 0 saturated heterocycles. The average Bonchev–Trinajstić information content (AvgIpc) is 3.27. The van der Waals surface area contributed by atoms with Gasteiger partial charge in [-0.15, -0.1) is 0 Å². The van der Waals surface area contributed by atoms with Crippen molar-refractivity contribution in [1.29, 1.82) is 0 Å². The van der Waals surface area contributed by atoms with Crippen LogP contribution in [0, 0.1) is 6.92 Å². The van der Waals surface area contributed by atoms with E-state index in [2.05, 4.69) is 20.6 Å². The highest BCUT2D eigenvalue weighted by Crippen LogP contribution is 2.32. The summed E-state index contributed by atoms with van der Waals surface area (Å²) in [5.74, 6) is 2.08. The molecule has 3 aromatic rings. The van der Waals surface area contributed by atoms with Crippen molar-refractivity contribution >= 4 is 6.01 Å². The van der Waals surface area contributed by atoms with Crippen LogP contribution in [0.3, 0.4) is 0 Å². The van der Waals surface area contributed by atoms with Gasteiger partial charge < -0.3 is 23.8 Å². The van der Waals surface area contributed by atoms with Crippen molar-refractivity contribution < 1.29 is 18.5 Å². The van der Waals surface area contributed by atoms with Crippen molar-refractivity contribution in [2.24, 2.45) is 0 Å². The summed E-state index contributed by atoms with van der Waals surface area (Å²) >= 11 is 0. The van der Waals surface area contributed by atoms with Crippen LogP contribution in [-0.2, 0) is 13.0 Å². The number of ether oxygens (including phenoxy) is 2. The highest BCUT2D eigenvalue weighted by atomic mass is 16.7. The summed E-state index contributed by atoms with van der Waals surface area (Å²) in [4.78, 5) is 4.30. The standard InChI is InChI=1S/C15H14N4O4/c1-9-11(7-22-18-9)5-14-17-15(23-19-14)16-6-10-2-3-12-13(4-10)21-8-20-12/h2-4,7H,5-6,8H2,1H3,(H,16,17,19). The third-order valence-corrected chi connectivity index (χ3v) is 3.55. The van der Waals surface area contributed by atoms with Gasteiger partial charge in [0.25, 0.3) is 0 Å². The van der Waals surface area contributed by atoms with E-state index >= 15 is 0 Å². The highest BCUT2D eigenvalue weighted by Gasteiger charge is 2.14. The SMILES string of the molecule is Cc1nocc1Cc1noc(NCc2ccc3c(c2)OCO3)n1. The summed E-state index contributed by atoms with van der Waals surface area (Å²) in [7, 11) is 0. The van der Waals surface area contributed by atoms with E-state index in [1.807, 2.05) is 25.1 Å². The van der Waals surface area contributed by atoms with E-state index in [1.54, 1.807) is 6.26 Å². The van der Waals surface area contributed by atoms with E-state index in [9.17, 15) is 0 Å². The van der Waals surface area contributed by atoms with Gasteiger partial charge in [0.2, 0.25) is 6.79 Å². The smallest absolute Gasteiger partial charge is 0.321 e. The number of nitrogens with one attached hydrogen (secondary N) is 1. The fourth-order valence-electron chi connectivity index (χ4n) is 2.28. The van der Waals surface area contributed by atoms with Gasteiger partial charge in [-0.1, -0.05) is 16.4 Å². The molecule has 118 valence electrons. The molecule has 0 radical (unpaired) electrons. The molecule has 0 atom stereocenters. The quantitative estimate of drug-likeness (QED) is 0.766. The summed E-state index contributed by atoms with van der Waals surface area (Å²) in [6, 6.07) is 6.13. The molecule has 3 heterocycles. The molecule has 4 rings (SSSR count). The van der Waals surface area contributed by atoms with Crippen molar-refractivity contribution in [1.82, 2.24) is 15.3 Å². The molecule has 0 unspecified atom stereocenters. The summed E-state index contributed by atoms with van der Waals surface area (Å²) in [6.45, 7) is 2.68. The van der Waals surface area contributed by atoms with Crippen LogP contribution in [0.25, 0.3) is 0 Å². The first kappa shape index (κ1) is 13.6. The summed E-state index contributed by atoms with van der Waals surface area (Å²) in [6.07, 6.45) is 2.11. The molecular weight excluding hydrogens is 300 g/mol. The largest absolute Gasteiger partial charge is 0.454 e. The van der Waals surface area contributed by atoms with E-state index < -0.39 is 0 Å². The van der Waals surface area contributed by atoms with E-state index in [0.717, 1.165) is 28.3 Å². The molecular formula is C15H14N4O4. The molecule has 0 fully saturated rings. The summed E-state index contributed by atoms with van der Waals surface area (Å²) < 4.78 is 20.7. The van der Waals surface area contributed by atoms with Crippen LogP contribution in [0.1, 0.15) is 22.6 Å². The van der Waals surface area contributed by atoms with Gasteiger partial charge in [-0.3, -0.25) is 0 Å². The predicted octanol–water partition coefficient (Wildman–Crippen LogP) is 2.30. The molecule has 2 aromatic heterocycles. The Labute approximate surface area is 131 Å². The van der Waals surface area contributed by atoms with Crippen molar-refractivity contribution in [2.75, 3.05) is 12.1 Å². The fourth-order valence-corrected chi connectivity index (χ4v) is 2.28. The molecule has 1 aliphatic rings. The second kappa shape index (κ2) is 5.64. The second-order valence-electron chi connectivity index (χ2n) is 5.16. The Balaban J connectivity index is 1.39. The fraction of sp³-hybridized carbons (Fsp3) is 0.267. The number of fused-ring (bicyclic) bond motifs is 1. The van der Waals surface area contributed by atoms with E-state index in [4.69, 9.17) is 18.5 Å². The maximum atomic E-state index is 5.35. The molecule has 0 bridgehead atoms. The third-order valence-electron chi connectivity index (χ3n) is 3.55. The molecule has 1 N–H and O–H groups in total. The molecule has 8 heteroatoms.